The molecule has 0 spiro atoms. The van der Waals surface area contributed by atoms with E-state index < -0.39 is 35.3 Å². The van der Waals surface area contributed by atoms with Crippen LogP contribution in [0.2, 0.25) is 5.02 Å². The van der Waals surface area contributed by atoms with Crippen molar-refractivity contribution in [3.63, 3.8) is 0 Å². The van der Waals surface area contributed by atoms with Gasteiger partial charge in [-0.2, -0.15) is 0 Å². The molecule has 26 heavy (non-hydrogen) atoms. The molecule has 1 heterocycles. The van der Waals surface area contributed by atoms with E-state index in [-0.39, 0.29) is 0 Å². The zero-order valence-corrected chi connectivity index (χ0v) is 17.5. The molecule has 1 fully saturated rings. The van der Waals surface area contributed by atoms with Gasteiger partial charge in [-0.25, -0.2) is 4.79 Å². The van der Waals surface area contributed by atoms with Gasteiger partial charge in [0.25, 0.3) is 0 Å². The molecule has 2 rings (SSSR count). The van der Waals surface area contributed by atoms with E-state index in [0.29, 0.717) is 16.2 Å². The monoisotopic (exact) mass is 382 g/mol. The number of carboxylic acids is 1. The Hall–Kier alpha value is -1.24. The Bertz CT molecular complexity index is 694. The molecule has 0 saturated carbocycles. The standard InChI is InChI=1S/C19H28BClO5/c1-16(2,3)19(8,15(22)23)24-14-10-9-12(21)11-13(14)20-25-17(4,5)18(6,7)26-20/h9-11H,1-8H3,(H,22,23)/t19-/m1/s1. The largest absolute Gasteiger partial charge is 0.498 e. The number of ether oxygens (including phenoxy) is 1. The summed E-state index contributed by atoms with van der Waals surface area (Å²) in [5.74, 6) is -0.660. The molecule has 0 bridgehead atoms. The van der Waals surface area contributed by atoms with Crippen molar-refractivity contribution in [3.8, 4) is 5.75 Å². The van der Waals surface area contributed by atoms with Gasteiger partial charge in [-0.1, -0.05) is 32.4 Å². The maximum absolute atomic E-state index is 12.0. The van der Waals surface area contributed by atoms with Crippen LogP contribution < -0.4 is 10.2 Å². The van der Waals surface area contributed by atoms with Gasteiger partial charge < -0.3 is 19.2 Å². The fourth-order valence-corrected chi connectivity index (χ4v) is 2.68. The number of hydrogen-bond acceptors (Lipinski definition) is 4. The third kappa shape index (κ3) is 3.60. The van der Waals surface area contributed by atoms with Crippen LogP contribution in [0.3, 0.4) is 0 Å². The van der Waals surface area contributed by atoms with Gasteiger partial charge in [-0.3, -0.25) is 0 Å². The predicted octanol–water partition coefficient (Wildman–Crippen LogP) is 3.91. The normalized spacial score (nSPS) is 21.3. The third-order valence-electron chi connectivity index (χ3n) is 5.63. The number of carbonyl (C=O) groups is 1. The first-order valence-electron chi connectivity index (χ1n) is 8.68. The first-order chi connectivity index (χ1) is 11.6. The van der Waals surface area contributed by atoms with Crippen molar-refractivity contribution < 1.29 is 23.9 Å². The summed E-state index contributed by atoms with van der Waals surface area (Å²) in [6.07, 6.45) is 0. The lowest BCUT2D eigenvalue weighted by Crippen LogP contribution is -2.53. The highest BCUT2D eigenvalue weighted by molar-refractivity contribution is 6.63. The van der Waals surface area contributed by atoms with Crippen LogP contribution >= 0.6 is 11.6 Å². The molecule has 144 valence electrons. The van der Waals surface area contributed by atoms with E-state index in [4.69, 9.17) is 25.6 Å². The van der Waals surface area contributed by atoms with Crippen LogP contribution in [0.5, 0.6) is 5.75 Å². The topological polar surface area (TPSA) is 65.0 Å². The Morgan fingerprint density at radius 2 is 1.62 bits per heavy atom. The van der Waals surface area contributed by atoms with Crippen molar-refractivity contribution in [2.45, 2.75) is 72.2 Å². The highest BCUT2D eigenvalue weighted by Crippen LogP contribution is 2.39. The summed E-state index contributed by atoms with van der Waals surface area (Å²) in [5.41, 5.74) is -2.58. The fraction of sp³-hybridized carbons (Fsp3) is 0.632. The van der Waals surface area contributed by atoms with Crippen molar-refractivity contribution in [1.82, 2.24) is 0 Å². The van der Waals surface area contributed by atoms with Gasteiger partial charge in [0, 0.05) is 15.9 Å². The van der Waals surface area contributed by atoms with Crippen molar-refractivity contribution in [2.24, 2.45) is 5.41 Å². The quantitative estimate of drug-likeness (QED) is 0.800. The van der Waals surface area contributed by atoms with E-state index in [1.807, 2.05) is 48.5 Å². The van der Waals surface area contributed by atoms with Crippen LogP contribution in [-0.2, 0) is 14.1 Å². The minimum Gasteiger partial charge on any atom is -0.478 e. The van der Waals surface area contributed by atoms with E-state index >= 15 is 0 Å². The molecule has 1 atom stereocenters. The highest BCUT2D eigenvalue weighted by atomic mass is 35.5. The number of rotatable bonds is 4. The average molecular weight is 383 g/mol. The molecule has 0 aliphatic carbocycles. The van der Waals surface area contributed by atoms with Crippen LogP contribution in [0.15, 0.2) is 18.2 Å². The molecule has 0 amide bonds. The van der Waals surface area contributed by atoms with Gasteiger partial charge in [-0.05, 0) is 52.8 Å². The lowest BCUT2D eigenvalue weighted by atomic mass is 9.76. The van der Waals surface area contributed by atoms with Crippen LogP contribution in [0.4, 0.5) is 0 Å². The summed E-state index contributed by atoms with van der Waals surface area (Å²) in [6, 6.07) is 5.02. The summed E-state index contributed by atoms with van der Waals surface area (Å²) < 4.78 is 18.2. The maximum Gasteiger partial charge on any atom is 0.498 e. The van der Waals surface area contributed by atoms with Gasteiger partial charge in [-0.15, -0.1) is 0 Å². The third-order valence-corrected chi connectivity index (χ3v) is 5.87. The molecule has 5 nitrogen and oxygen atoms in total. The molecule has 1 N–H and O–H groups in total. The van der Waals surface area contributed by atoms with Crippen LogP contribution in [0.1, 0.15) is 55.4 Å². The Labute approximate surface area is 161 Å². The average Bonchev–Trinajstić information content (AvgIpc) is 2.67. The smallest absolute Gasteiger partial charge is 0.478 e. The van der Waals surface area contributed by atoms with Crippen molar-refractivity contribution in [1.29, 1.82) is 0 Å². The first-order valence-corrected chi connectivity index (χ1v) is 9.06. The van der Waals surface area contributed by atoms with E-state index in [1.54, 1.807) is 25.1 Å². The molecular weight excluding hydrogens is 354 g/mol. The van der Waals surface area contributed by atoms with Gasteiger partial charge >= 0.3 is 13.1 Å². The lowest BCUT2D eigenvalue weighted by Gasteiger charge is -2.38. The maximum atomic E-state index is 12.0. The Morgan fingerprint density at radius 3 is 2.04 bits per heavy atom. The van der Waals surface area contributed by atoms with Crippen molar-refractivity contribution >= 4 is 30.2 Å². The molecule has 1 aliphatic rings. The van der Waals surface area contributed by atoms with Crippen molar-refractivity contribution in [3.05, 3.63) is 23.2 Å². The van der Waals surface area contributed by atoms with Gasteiger partial charge in [0.05, 0.1) is 11.2 Å². The van der Waals surface area contributed by atoms with Gasteiger partial charge in [0.15, 0.2) is 0 Å². The van der Waals surface area contributed by atoms with E-state index in [9.17, 15) is 9.90 Å². The van der Waals surface area contributed by atoms with Crippen LogP contribution in [-0.4, -0.2) is 35.0 Å². The number of halogens is 1. The summed E-state index contributed by atoms with van der Waals surface area (Å²) in [4.78, 5) is 12.0. The lowest BCUT2D eigenvalue weighted by molar-refractivity contribution is -0.163. The molecular formula is C19H28BClO5. The summed E-state index contributed by atoms with van der Waals surface area (Å²) in [7, 11) is -0.702. The zero-order chi connectivity index (χ0) is 20.1. The summed E-state index contributed by atoms with van der Waals surface area (Å²) in [6.45, 7) is 14.9. The molecule has 1 aliphatic heterocycles. The zero-order valence-electron chi connectivity index (χ0n) is 16.8. The minimum absolute atomic E-state index is 0.382. The highest BCUT2D eigenvalue weighted by Gasteiger charge is 2.53. The van der Waals surface area contributed by atoms with Crippen LogP contribution in [0, 0.1) is 5.41 Å². The number of hydrogen-bond donors (Lipinski definition) is 1. The Kier molecular flexibility index (Phi) is 5.21. The summed E-state index contributed by atoms with van der Waals surface area (Å²) >= 11 is 6.18. The SMILES string of the molecule is CC1(C)OB(c2cc(Cl)ccc2O[C@](C)(C(=O)O)C(C)(C)C)OC1(C)C. The molecule has 0 unspecified atom stereocenters. The summed E-state index contributed by atoms with van der Waals surface area (Å²) in [5, 5.41) is 10.3. The molecule has 0 aromatic heterocycles. The molecule has 1 aromatic rings. The number of aliphatic carboxylic acids is 1. The Morgan fingerprint density at radius 1 is 1.12 bits per heavy atom. The number of carboxylic acid groups (broad SMARTS) is 1. The first kappa shape index (κ1) is 21.1. The molecule has 1 aromatic carbocycles. The molecule has 7 heteroatoms. The van der Waals surface area contributed by atoms with E-state index in [2.05, 4.69) is 0 Å². The second kappa shape index (κ2) is 6.43. The second-order valence-corrected chi connectivity index (χ2v) is 9.40. The van der Waals surface area contributed by atoms with Gasteiger partial charge in [0.1, 0.15) is 5.75 Å². The second-order valence-electron chi connectivity index (χ2n) is 8.96. The molecule has 0 radical (unpaired) electrons. The number of benzene rings is 1. The van der Waals surface area contributed by atoms with Crippen LogP contribution in [0.25, 0.3) is 0 Å². The van der Waals surface area contributed by atoms with E-state index in [0.717, 1.165) is 0 Å². The fourth-order valence-electron chi connectivity index (χ4n) is 2.50. The predicted molar refractivity (Wildman–Crippen MR) is 103 cm³/mol. The van der Waals surface area contributed by atoms with Gasteiger partial charge in [0.2, 0.25) is 5.60 Å². The Balaban J connectivity index is 2.49. The van der Waals surface area contributed by atoms with E-state index in [1.165, 1.54) is 0 Å². The molecule has 1 saturated heterocycles. The minimum atomic E-state index is -1.45. The van der Waals surface area contributed by atoms with Crippen molar-refractivity contribution in [2.75, 3.05) is 0 Å².